The molecule has 0 aromatic carbocycles. The predicted molar refractivity (Wildman–Crippen MR) is 52.7 cm³/mol. The summed E-state index contributed by atoms with van der Waals surface area (Å²) in [5, 5.41) is 0. The van der Waals surface area contributed by atoms with E-state index in [1.54, 1.807) is 7.11 Å². The number of rotatable bonds is 3. The van der Waals surface area contributed by atoms with E-state index in [0.717, 1.165) is 19.5 Å². The van der Waals surface area contributed by atoms with Gasteiger partial charge in [0.1, 0.15) is 0 Å². The molecule has 2 aliphatic rings. The number of carbonyl (C=O) groups is 1. The van der Waals surface area contributed by atoms with E-state index in [1.807, 2.05) is 4.90 Å². The molecule has 0 aromatic rings. The summed E-state index contributed by atoms with van der Waals surface area (Å²) in [6.45, 7) is 2.12. The van der Waals surface area contributed by atoms with Crippen molar-refractivity contribution in [3.8, 4) is 0 Å². The number of methoxy groups -OCH3 is 1. The number of hydrogen-bond acceptors (Lipinski definition) is 3. The summed E-state index contributed by atoms with van der Waals surface area (Å²) in [5.41, 5.74) is 6.09. The monoisotopic (exact) mass is 198 g/mol. The van der Waals surface area contributed by atoms with Crippen molar-refractivity contribution in [2.24, 2.45) is 11.7 Å². The second-order valence-corrected chi connectivity index (χ2v) is 4.49. The van der Waals surface area contributed by atoms with Crippen LogP contribution >= 0.6 is 0 Å². The zero-order valence-corrected chi connectivity index (χ0v) is 8.66. The Morgan fingerprint density at radius 2 is 2.50 bits per heavy atom. The third kappa shape index (κ3) is 1.53. The summed E-state index contributed by atoms with van der Waals surface area (Å²) >= 11 is 0. The first kappa shape index (κ1) is 9.93. The van der Waals surface area contributed by atoms with Gasteiger partial charge in [0.15, 0.2) is 0 Å². The molecule has 2 fully saturated rings. The quantitative estimate of drug-likeness (QED) is 0.693. The Labute approximate surface area is 84.4 Å². The van der Waals surface area contributed by atoms with Gasteiger partial charge < -0.3 is 15.4 Å². The molecule has 0 spiro atoms. The van der Waals surface area contributed by atoms with Crippen molar-refractivity contribution in [1.82, 2.24) is 4.90 Å². The van der Waals surface area contributed by atoms with E-state index >= 15 is 0 Å². The molecule has 1 aliphatic heterocycles. The molecule has 2 N–H and O–H groups in total. The molecular formula is C10H18N2O2. The van der Waals surface area contributed by atoms with Crippen molar-refractivity contribution in [3.05, 3.63) is 0 Å². The van der Waals surface area contributed by atoms with Gasteiger partial charge in [-0.15, -0.1) is 0 Å². The lowest BCUT2D eigenvalue weighted by Gasteiger charge is -2.39. The van der Waals surface area contributed by atoms with Gasteiger partial charge in [-0.25, -0.2) is 0 Å². The lowest BCUT2D eigenvalue weighted by Crippen LogP contribution is -2.54. The third-order valence-corrected chi connectivity index (χ3v) is 3.57. The van der Waals surface area contributed by atoms with Gasteiger partial charge in [-0.1, -0.05) is 0 Å². The molecule has 14 heavy (non-hydrogen) atoms. The second kappa shape index (κ2) is 3.51. The van der Waals surface area contributed by atoms with Crippen LogP contribution in [0.25, 0.3) is 0 Å². The number of likely N-dealkylation sites (tertiary alicyclic amines) is 1. The largest absolute Gasteiger partial charge is 0.384 e. The maximum absolute atomic E-state index is 11.7. The molecule has 1 aliphatic carbocycles. The van der Waals surface area contributed by atoms with Crippen LogP contribution in [0.2, 0.25) is 0 Å². The first-order valence-electron chi connectivity index (χ1n) is 5.21. The Bertz CT molecular complexity index is 244. The maximum Gasteiger partial charge on any atom is 0.224 e. The highest BCUT2D eigenvalue weighted by molar-refractivity contribution is 5.77. The number of nitrogens with two attached hydrogens (primary N) is 1. The molecule has 2 unspecified atom stereocenters. The van der Waals surface area contributed by atoms with Gasteiger partial charge >= 0.3 is 0 Å². The average molecular weight is 198 g/mol. The minimum absolute atomic E-state index is 0.0528. The van der Waals surface area contributed by atoms with Gasteiger partial charge in [-0.3, -0.25) is 4.79 Å². The SMILES string of the molecule is COCCC(=O)N1CC2CCC2(N)C1. The fourth-order valence-electron chi connectivity index (χ4n) is 2.42. The molecule has 1 saturated heterocycles. The van der Waals surface area contributed by atoms with E-state index in [2.05, 4.69) is 0 Å². The minimum Gasteiger partial charge on any atom is -0.384 e. The van der Waals surface area contributed by atoms with E-state index < -0.39 is 0 Å². The van der Waals surface area contributed by atoms with Crippen LogP contribution in [-0.4, -0.2) is 43.2 Å². The van der Waals surface area contributed by atoms with Crippen LogP contribution < -0.4 is 5.73 Å². The van der Waals surface area contributed by atoms with Crippen LogP contribution in [0.5, 0.6) is 0 Å². The van der Waals surface area contributed by atoms with Crippen molar-refractivity contribution in [2.75, 3.05) is 26.8 Å². The summed E-state index contributed by atoms with van der Waals surface area (Å²) in [6, 6.07) is 0. The maximum atomic E-state index is 11.7. The van der Waals surface area contributed by atoms with Crippen molar-refractivity contribution >= 4 is 5.91 Å². The molecule has 1 amide bonds. The zero-order valence-electron chi connectivity index (χ0n) is 8.66. The summed E-state index contributed by atoms with van der Waals surface area (Å²) in [7, 11) is 1.62. The van der Waals surface area contributed by atoms with Gasteiger partial charge in [0.25, 0.3) is 0 Å². The average Bonchev–Trinajstić information content (AvgIpc) is 2.39. The minimum atomic E-state index is -0.0528. The van der Waals surface area contributed by atoms with E-state index in [-0.39, 0.29) is 11.4 Å². The molecule has 0 bridgehead atoms. The van der Waals surface area contributed by atoms with Crippen molar-refractivity contribution in [1.29, 1.82) is 0 Å². The summed E-state index contributed by atoms with van der Waals surface area (Å²) in [6.07, 6.45) is 2.75. The number of carbonyl (C=O) groups excluding carboxylic acids is 1. The highest BCUT2D eigenvalue weighted by Gasteiger charge is 2.51. The molecule has 2 atom stereocenters. The number of amides is 1. The molecule has 80 valence electrons. The highest BCUT2D eigenvalue weighted by Crippen LogP contribution is 2.42. The van der Waals surface area contributed by atoms with Crippen molar-refractivity contribution in [2.45, 2.75) is 24.8 Å². The Morgan fingerprint density at radius 3 is 2.93 bits per heavy atom. The zero-order chi connectivity index (χ0) is 10.2. The van der Waals surface area contributed by atoms with Crippen LogP contribution in [0.1, 0.15) is 19.3 Å². The molecular weight excluding hydrogens is 180 g/mol. The standard InChI is InChI=1S/C10H18N2O2/c1-14-5-3-9(13)12-6-8-2-4-10(8,11)7-12/h8H,2-7,11H2,1H3. The number of hydrogen-bond donors (Lipinski definition) is 1. The highest BCUT2D eigenvalue weighted by atomic mass is 16.5. The van der Waals surface area contributed by atoms with Gasteiger partial charge in [-0.2, -0.15) is 0 Å². The Kier molecular flexibility index (Phi) is 2.49. The smallest absolute Gasteiger partial charge is 0.224 e. The third-order valence-electron chi connectivity index (χ3n) is 3.57. The molecule has 2 rings (SSSR count). The summed E-state index contributed by atoms with van der Waals surface area (Å²) in [5.74, 6) is 0.736. The summed E-state index contributed by atoms with van der Waals surface area (Å²) in [4.78, 5) is 13.6. The van der Waals surface area contributed by atoms with Gasteiger partial charge in [0.2, 0.25) is 5.91 Å². The Hall–Kier alpha value is -0.610. The van der Waals surface area contributed by atoms with Gasteiger partial charge in [0, 0.05) is 25.7 Å². The van der Waals surface area contributed by atoms with Crippen LogP contribution in [-0.2, 0) is 9.53 Å². The van der Waals surface area contributed by atoms with Gasteiger partial charge in [-0.05, 0) is 18.8 Å². The van der Waals surface area contributed by atoms with Crippen molar-refractivity contribution < 1.29 is 9.53 Å². The fraction of sp³-hybridized carbons (Fsp3) is 0.900. The van der Waals surface area contributed by atoms with Gasteiger partial charge in [0.05, 0.1) is 13.0 Å². The Balaban J connectivity index is 1.86. The lowest BCUT2D eigenvalue weighted by molar-refractivity contribution is -0.131. The first-order chi connectivity index (χ1) is 6.65. The van der Waals surface area contributed by atoms with Crippen LogP contribution in [0.3, 0.4) is 0 Å². The van der Waals surface area contributed by atoms with E-state index in [9.17, 15) is 4.79 Å². The first-order valence-corrected chi connectivity index (χ1v) is 5.21. The van der Waals surface area contributed by atoms with Crippen LogP contribution in [0.4, 0.5) is 0 Å². The lowest BCUT2D eigenvalue weighted by atomic mass is 9.70. The number of ether oxygens (including phenoxy) is 1. The Morgan fingerprint density at radius 1 is 1.71 bits per heavy atom. The van der Waals surface area contributed by atoms with Crippen LogP contribution in [0.15, 0.2) is 0 Å². The summed E-state index contributed by atoms with van der Waals surface area (Å²) < 4.78 is 4.89. The van der Waals surface area contributed by atoms with Crippen LogP contribution in [0, 0.1) is 5.92 Å². The molecule has 4 heteroatoms. The van der Waals surface area contributed by atoms with E-state index in [0.29, 0.717) is 18.9 Å². The number of nitrogens with zero attached hydrogens (tertiary/aromatic N) is 1. The fourth-order valence-corrected chi connectivity index (χ4v) is 2.42. The van der Waals surface area contributed by atoms with Crippen molar-refractivity contribution in [3.63, 3.8) is 0 Å². The van der Waals surface area contributed by atoms with E-state index in [4.69, 9.17) is 10.5 Å². The molecule has 1 heterocycles. The second-order valence-electron chi connectivity index (χ2n) is 4.49. The topological polar surface area (TPSA) is 55.6 Å². The predicted octanol–water partition coefficient (Wildman–Crippen LogP) is -0.0274. The normalized spacial score (nSPS) is 35.3. The van der Waals surface area contributed by atoms with E-state index in [1.165, 1.54) is 6.42 Å². The molecule has 0 radical (unpaired) electrons. The molecule has 0 aromatic heterocycles. The molecule has 4 nitrogen and oxygen atoms in total. The number of fused-ring (bicyclic) bond motifs is 1. The molecule has 1 saturated carbocycles.